The highest BCUT2D eigenvalue weighted by molar-refractivity contribution is 5.76. The van der Waals surface area contributed by atoms with Crippen molar-refractivity contribution in [3.63, 3.8) is 0 Å². The first kappa shape index (κ1) is 18.8. The van der Waals surface area contributed by atoms with E-state index in [9.17, 15) is 18.0 Å². The molecule has 142 valence electrons. The third-order valence-electron chi connectivity index (χ3n) is 4.07. The van der Waals surface area contributed by atoms with Crippen molar-refractivity contribution in [1.82, 2.24) is 24.9 Å². The van der Waals surface area contributed by atoms with Crippen molar-refractivity contribution < 1.29 is 18.0 Å². The molecule has 2 heterocycles. The van der Waals surface area contributed by atoms with Crippen LogP contribution in [0.3, 0.4) is 0 Å². The molecule has 1 aromatic carbocycles. The van der Waals surface area contributed by atoms with E-state index >= 15 is 0 Å². The van der Waals surface area contributed by atoms with Gasteiger partial charge >= 0.3 is 6.18 Å². The highest BCUT2D eigenvalue weighted by Crippen LogP contribution is 2.29. The second kappa shape index (κ2) is 8.15. The minimum absolute atomic E-state index is 0.125. The number of aromatic nitrogens is 4. The second-order valence-electron chi connectivity index (χ2n) is 6.12. The van der Waals surface area contributed by atoms with Gasteiger partial charge in [-0.2, -0.15) is 23.3 Å². The van der Waals surface area contributed by atoms with E-state index in [0.29, 0.717) is 24.3 Å². The molecule has 0 aliphatic rings. The molecule has 2 aromatic heterocycles. The number of rotatable bonds is 7. The van der Waals surface area contributed by atoms with Gasteiger partial charge in [0.15, 0.2) is 0 Å². The fourth-order valence-corrected chi connectivity index (χ4v) is 2.61. The van der Waals surface area contributed by atoms with E-state index < -0.39 is 11.7 Å². The summed E-state index contributed by atoms with van der Waals surface area (Å²) in [5.41, 5.74) is 1.01. The second-order valence-corrected chi connectivity index (χ2v) is 6.12. The third kappa shape index (κ3) is 5.25. The molecule has 1 amide bonds. The fourth-order valence-electron chi connectivity index (χ4n) is 2.61. The molecular formula is C18H18F3N5O. The molecule has 6 nitrogen and oxygen atoms in total. The Morgan fingerprint density at radius 2 is 1.85 bits per heavy atom. The number of nitrogens with one attached hydrogen (secondary N) is 1. The van der Waals surface area contributed by atoms with Crippen molar-refractivity contribution in [1.29, 1.82) is 0 Å². The van der Waals surface area contributed by atoms with Gasteiger partial charge in [-0.3, -0.25) is 4.79 Å². The van der Waals surface area contributed by atoms with Gasteiger partial charge in [0.05, 0.1) is 5.56 Å². The summed E-state index contributed by atoms with van der Waals surface area (Å²) in [6.45, 7) is 0.515. The number of benzene rings is 1. The van der Waals surface area contributed by atoms with Crippen LogP contribution in [0.15, 0.2) is 43.0 Å². The molecule has 0 radical (unpaired) electrons. The van der Waals surface area contributed by atoms with Gasteiger partial charge in [-0.05, 0) is 42.5 Å². The van der Waals surface area contributed by atoms with Gasteiger partial charge in [-0.1, -0.05) is 12.1 Å². The molecule has 0 saturated carbocycles. The van der Waals surface area contributed by atoms with Crippen LogP contribution in [-0.2, 0) is 23.8 Å². The normalized spacial score (nSPS) is 11.7. The number of aryl methyl sites for hydroxylation is 2. The van der Waals surface area contributed by atoms with E-state index in [4.69, 9.17) is 0 Å². The molecule has 3 rings (SSSR count). The van der Waals surface area contributed by atoms with Crippen molar-refractivity contribution in [2.45, 2.75) is 31.9 Å². The first-order valence-electron chi connectivity index (χ1n) is 8.49. The van der Waals surface area contributed by atoms with Crippen LogP contribution in [0.25, 0.3) is 5.78 Å². The lowest BCUT2D eigenvalue weighted by Crippen LogP contribution is -2.25. The molecule has 0 bridgehead atoms. The van der Waals surface area contributed by atoms with Crippen LogP contribution in [0.2, 0.25) is 0 Å². The molecule has 27 heavy (non-hydrogen) atoms. The maximum atomic E-state index is 12.5. The van der Waals surface area contributed by atoms with Crippen molar-refractivity contribution >= 4 is 11.7 Å². The van der Waals surface area contributed by atoms with Crippen molar-refractivity contribution in [3.05, 3.63) is 59.7 Å². The zero-order chi connectivity index (χ0) is 19.3. The van der Waals surface area contributed by atoms with E-state index in [1.165, 1.54) is 18.5 Å². The average Bonchev–Trinajstić information content (AvgIpc) is 3.11. The smallest absolute Gasteiger partial charge is 0.356 e. The Morgan fingerprint density at radius 1 is 1.07 bits per heavy atom. The molecule has 0 saturated heterocycles. The highest BCUT2D eigenvalue weighted by Gasteiger charge is 2.29. The number of hydrogen-bond acceptors (Lipinski definition) is 4. The summed E-state index contributed by atoms with van der Waals surface area (Å²) in [5, 5.41) is 6.84. The summed E-state index contributed by atoms with van der Waals surface area (Å²) < 4.78 is 39.1. The van der Waals surface area contributed by atoms with E-state index in [-0.39, 0.29) is 12.3 Å². The van der Waals surface area contributed by atoms with Gasteiger partial charge in [0.25, 0.3) is 5.78 Å². The minimum Gasteiger partial charge on any atom is -0.356 e. The topological polar surface area (TPSA) is 72.2 Å². The van der Waals surface area contributed by atoms with Gasteiger partial charge in [-0.25, -0.2) is 9.50 Å². The molecule has 0 fully saturated rings. The van der Waals surface area contributed by atoms with Crippen LogP contribution in [0.4, 0.5) is 13.2 Å². The Bertz CT molecular complexity index is 905. The lowest BCUT2D eigenvalue weighted by Gasteiger charge is -2.08. The standard InChI is InChI=1S/C18H18F3N5O/c19-18(20,21)15-6-3-13(4-7-15)5-8-16(27)22-9-1-2-14-10-23-17-24-12-25-26(17)11-14/h3-4,6-7,10-12H,1-2,5,8-9H2,(H,22,27). The first-order valence-corrected chi connectivity index (χ1v) is 8.49. The summed E-state index contributed by atoms with van der Waals surface area (Å²) in [7, 11) is 0. The highest BCUT2D eigenvalue weighted by atomic mass is 19.4. The zero-order valence-corrected chi connectivity index (χ0v) is 14.4. The SMILES string of the molecule is O=C(CCc1ccc(C(F)(F)F)cc1)NCCCc1cnc2ncnn2c1. The molecule has 0 atom stereocenters. The summed E-state index contributed by atoms with van der Waals surface area (Å²) in [5.74, 6) is 0.412. The number of halogens is 3. The molecule has 0 unspecified atom stereocenters. The maximum Gasteiger partial charge on any atom is 0.416 e. The Hall–Kier alpha value is -2.97. The third-order valence-corrected chi connectivity index (χ3v) is 4.07. The van der Waals surface area contributed by atoms with Crippen LogP contribution in [-0.4, -0.2) is 32.0 Å². The predicted molar refractivity (Wildman–Crippen MR) is 91.9 cm³/mol. The number of nitrogens with zero attached hydrogens (tertiary/aromatic N) is 4. The maximum absolute atomic E-state index is 12.5. The Kier molecular flexibility index (Phi) is 5.68. The Morgan fingerprint density at radius 3 is 2.59 bits per heavy atom. The molecule has 1 N–H and O–H groups in total. The lowest BCUT2D eigenvalue weighted by atomic mass is 10.1. The number of fused-ring (bicyclic) bond motifs is 1. The van der Waals surface area contributed by atoms with E-state index in [2.05, 4.69) is 20.4 Å². The first-order chi connectivity index (χ1) is 12.9. The summed E-state index contributed by atoms with van der Waals surface area (Å²) in [6, 6.07) is 4.88. The summed E-state index contributed by atoms with van der Waals surface area (Å²) in [4.78, 5) is 20.0. The number of carbonyl (C=O) groups is 1. The minimum atomic E-state index is -4.34. The van der Waals surface area contributed by atoms with Gasteiger partial charge < -0.3 is 5.32 Å². The number of alkyl halides is 3. The number of carbonyl (C=O) groups excluding carboxylic acids is 1. The Labute approximate surface area is 153 Å². The fraction of sp³-hybridized carbons (Fsp3) is 0.333. The van der Waals surface area contributed by atoms with E-state index in [0.717, 1.165) is 30.5 Å². The molecule has 9 heteroatoms. The van der Waals surface area contributed by atoms with Gasteiger partial charge in [-0.15, -0.1) is 0 Å². The molecular weight excluding hydrogens is 359 g/mol. The Balaban J connectivity index is 1.37. The summed E-state index contributed by atoms with van der Waals surface area (Å²) in [6.07, 6.45) is 2.79. The monoisotopic (exact) mass is 377 g/mol. The number of hydrogen-bond donors (Lipinski definition) is 1. The zero-order valence-electron chi connectivity index (χ0n) is 14.4. The summed E-state index contributed by atoms with van der Waals surface area (Å²) >= 11 is 0. The molecule has 0 aliphatic carbocycles. The van der Waals surface area contributed by atoms with Crippen LogP contribution < -0.4 is 5.32 Å². The van der Waals surface area contributed by atoms with Crippen molar-refractivity contribution in [3.8, 4) is 0 Å². The molecule has 0 spiro atoms. The van der Waals surface area contributed by atoms with Crippen LogP contribution in [0.5, 0.6) is 0 Å². The number of amides is 1. The van der Waals surface area contributed by atoms with Crippen molar-refractivity contribution in [2.75, 3.05) is 6.54 Å². The van der Waals surface area contributed by atoms with Gasteiger partial charge in [0.2, 0.25) is 5.91 Å². The van der Waals surface area contributed by atoms with Gasteiger partial charge in [0, 0.05) is 25.4 Å². The van der Waals surface area contributed by atoms with Gasteiger partial charge in [0.1, 0.15) is 6.33 Å². The van der Waals surface area contributed by atoms with Crippen LogP contribution in [0, 0.1) is 0 Å². The van der Waals surface area contributed by atoms with Crippen LogP contribution in [0.1, 0.15) is 29.5 Å². The largest absolute Gasteiger partial charge is 0.416 e. The molecule has 3 aromatic rings. The van der Waals surface area contributed by atoms with Crippen molar-refractivity contribution in [2.24, 2.45) is 0 Å². The average molecular weight is 377 g/mol. The van der Waals surface area contributed by atoms with E-state index in [1.54, 1.807) is 10.7 Å². The predicted octanol–water partition coefficient (Wildman–Crippen LogP) is 2.82. The quantitative estimate of drug-likeness (QED) is 0.643. The lowest BCUT2D eigenvalue weighted by molar-refractivity contribution is -0.137. The molecule has 0 aliphatic heterocycles. The van der Waals surface area contributed by atoms with Crippen LogP contribution >= 0.6 is 0 Å². The van der Waals surface area contributed by atoms with E-state index in [1.807, 2.05) is 6.20 Å².